The van der Waals surface area contributed by atoms with E-state index in [-0.39, 0.29) is 11.8 Å². The van der Waals surface area contributed by atoms with Crippen LogP contribution >= 0.6 is 0 Å². The molecule has 4 saturated carbocycles. The Morgan fingerprint density at radius 2 is 1.73 bits per heavy atom. The Bertz CT molecular complexity index is 784. The molecule has 0 amide bonds. The number of allylic oxidation sites excluding steroid dienone is 2. The van der Waals surface area contributed by atoms with Gasteiger partial charge in [-0.05, 0) is 86.0 Å². The number of ketones is 1. The summed E-state index contributed by atoms with van der Waals surface area (Å²) in [6, 6.07) is 5.65. The number of carboxylic acid groups (broad SMARTS) is 1. The number of hydrogen-bond acceptors (Lipinski definition) is 3. The van der Waals surface area contributed by atoms with E-state index in [9.17, 15) is 9.59 Å². The van der Waals surface area contributed by atoms with Crippen molar-refractivity contribution in [2.75, 3.05) is 0 Å². The van der Waals surface area contributed by atoms with Gasteiger partial charge < -0.3 is 9.84 Å². The highest BCUT2D eigenvalue weighted by molar-refractivity contribution is 6.33. The van der Waals surface area contributed by atoms with Crippen LogP contribution < -0.4 is 4.74 Å². The lowest BCUT2D eigenvalue weighted by molar-refractivity contribution is -0.148. The number of fused-ring (bicyclic) bond motifs is 1. The number of benzene rings is 1. The quantitative estimate of drug-likeness (QED) is 0.834. The third kappa shape index (κ3) is 2.58. The van der Waals surface area contributed by atoms with Crippen molar-refractivity contribution in [3.05, 3.63) is 41.2 Å². The fraction of sp³-hybridized carbons (Fsp3) is 0.545. The largest absolute Gasteiger partial charge is 0.475 e. The van der Waals surface area contributed by atoms with Crippen LogP contribution in [-0.4, -0.2) is 16.9 Å². The van der Waals surface area contributed by atoms with Gasteiger partial charge in [0, 0.05) is 11.8 Å². The van der Waals surface area contributed by atoms with Gasteiger partial charge in [0.2, 0.25) is 5.78 Å². The monoisotopic (exact) mass is 352 g/mol. The van der Waals surface area contributed by atoms with E-state index < -0.39 is 11.8 Å². The summed E-state index contributed by atoms with van der Waals surface area (Å²) in [5, 5.41) is 8.78. The minimum Gasteiger partial charge on any atom is -0.475 e. The number of ether oxygens (including phenoxy) is 1. The Kier molecular flexibility index (Phi) is 3.53. The van der Waals surface area contributed by atoms with Crippen LogP contribution in [0.2, 0.25) is 0 Å². The standard InChI is InChI=1S/C22H24O4/c23-18(21(24)25)9-13-1-3-19-17(8-13)2-4-20(26-19)22-10-14-5-15(11-22)7-16(6-14)12-22/h1,3-4,8,14-16H,2,5-7,9-12H2,(H,24,25). The van der Waals surface area contributed by atoms with Gasteiger partial charge in [-0.2, -0.15) is 0 Å². The maximum atomic E-state index is 11.4. The first kappa shape index (κ1) is 16.1. The second-order valence-electron chi connectivity index (χ2n) is 8.92. The Labute approximate surface area is 153 Å². The molecule has 1 aliphatic heterocycles. The van der Waals surface area contributed by atoms with Crippen LogP contribution in [0, 0.1) is 23.2 Å². The Balaban J connectivity index is 1.37. The van der Waals surface area contributed by atoms with Crippen molar-refractivity contribution >= 4 is 11.8 Å². The zero-order valence-corrected chi connectivity index (χ0v) is 14.9. The first-order chi connectivity index (χ1) is 12.5. The minimum absolute atomic E-state index is 0.0613. The molecule has 4 heteroatoms. The maximum Gasteiger partial charge on any atom is 0.372 e. The van der Waals surface area contributed by atoms with E-state index in [4.69, 9.17) is 9.84 Å². The third-order valence-electron chi connectivity index (χ3n) is 7.02. The molecule has 5 aliphatic rings. The number of carbonyl (C=O) groups excluding carboxylic acids is 1. The fourth-order valence-electron chi connectivity index (χ4n) is 6.36. The molecule has 4 fully saturated rings. The lowest BCUT2D eigenvalue weighted by Crippen LogP contribution is -2.48. The predicted molar refractivity (Wildman–Crippen MR) is 95.8 cm³/mol. The Morgan fingerprint density at radius 3 is 2.35 bits per heavy atom. The SMILES string of the molecule is O=C(O)C(=O)Cc1ccc2c(c1)CC=C(C13CC4CC(CC(C4)C1)C3)O2. The molecule has 1 aromatic rings. The van der Waals surface area contributed by atoms with Crippen molar-refractivity contribution in [3.63, 3.8) is 0 Å². The predicted octanol–water partition coefficient (Wildman–Crippen LogP) is 3.92. The van der Waals surface area contributed by atoms with Gasteiger partial charge in [-0.3, -0.25) is 4.79 Å². The zero-order valence-electron chi connectivity index (χ0n) is 14.9. The average Bonchev–Trinajstić information content (AvgIpc) is 2.60. The number of hydrogen-bond donors (Lipinski definition) is 1. The molecule has 4 nitrogen and oxygen atoms in total. The molecule has 4 aliphatic carbocycles. The lowest BCUT2D eigenvalue weighted by atomic mass is 9.49. The molecule has 1 heterocycles. The number of carbonyl (C=O) groups is 2. The van der Waals surface area contributed by atoms with Gasteiger partial charge in [0.25, 0.3) is 0 Å². The van der Waals surface area contributed by atoms with E-state index in [0.717, 1.165) is 41.1 Å². The van der Waals surface area contributed by atoms with Crippen LogP contribution in [0.15, 0.2) is 30.0 Å². The van der Waals surface area contributed by atoms with Crippen molar-refractivity contribution in [2.24, 2.45) is 23.2 Å². The molecular formula is C22H24O4. The van der Waals surface area contributed by atoms with Crippen LogP contribution in [-0.2, 0) is 22.4 Å². The van der Waals surface area contributed by atoms with Gasteiger partial charge in [-0.15, -0.1) is 0 Å². The molecule has 0 spiro atoms. The highest BCUT2D eigenvalue weighted by Gasteiger charge is 2.53. The molecule has 6 rings (SSSR count). The van der Waals surface area contributed by atoms with E-state index in [1.807, 2.05) is 18.2 Å². The van der Waals surface area contributed by atoms with Crippen LogP contribution in [0.3, 0.4) is 0 Å². The van der Waals surface area contributed by atoms with Crippen molar-refractivity contribution in [2.45, 2.75) is 51.4 Å². The number of carboxylic acids is 1. The number of aliphatic carboxylic acids is 1. The van der Waals surface area contributed by atoms with Gasteiger partial charge >= 0.3 is 5.97 Å². The summed E-state index contributed by atoms with van der Waals surface area (Å²) in [5.41, 5.74) is 2.05. The molecule has 0 saturated heterocycles. The summed E-state index contributed by atoms with van der Waals surface area (Å²) in [5.74, 6) is 2.57. The molecule has 1 N–H and O–H groups in total. The summed E-state index contributed by atoms with van der Waals surface area (Å²) in [7, 11) is 0. The lowest BCUT2D eigenvalue weighted by Gasteiger charge is -2.57. The van der Waals surface area contributed by atoms with E-state index in [0.29, 0.717) is 0 Å². The second-order valence-corrected chi connectivity index (χ2v) is 8.92. The van der Waals surface area contributed by atoms with Crippen molar-refractivity contribution in [1.29, 1.82) is 0 Å². The van der Waals surface area contributed by atoms with Crippen LogP contribution in [0.1, 0.15) is 49.7 Å². The van der Waals surface area contributed by atoms with Crippen molar-refractivity contribution in [1.82, 2.24) is 0 Å². The number of rotatable bonds is 4. The normalized spacial score (nSPS) is 34.0. The average molecular weight is 352 g/mol. The third-order valence-corrected chi connectivity index (χ3v) is 7.02. The van der Waals surface area contributed by atoms with Gasteiger partial charge in [-0.25, -0.2) is 4.79 Å². The second kappa shape index (κ2) is 5.70. The van der Waals surface area contributed by atoms with Crippen molar-refractivity contribution < 1.29 is 19.4 Å². The van der Waals surface area contributed by atoms with E-state index in [1.165, 1.54) is 44.3 Å². The zero-order chi connectivity index (χ0) is 17.9. The van der Waals surface area contributed by atoms with Crippen LogP contribution in [0.25, 0.3) is 0 Å². The molecular weight excluding hydrogens is 328 g/mol. The highest BCUT2D eigenvalue weighted by atomic mass is 16.5. The van der Waals surface area contributed by atoms with Crippen LogP contribution in [0.5, 0.6) is 5.75 Å². The molecule has 4 bridgehead atoms. The van der Waals surface area contributed by atoms with E-state index in [2.05, 4.69) is 6.08 Å². The summed E-state index contributed by atoms with van der Waals surface area (Å²) in [6.45, 7) is 0. The molecule has 26 heavy (non-hydrogen) atoms. The Morgan fingerprint density at radius 1 is 1.08 bits per heavy atom. The first-order valence-electron chi connectivity index (χ1n) is 9.77. The highest BCUT2D eigenvalue weighted by Crippen LogP contribution is 2.63. The van der Waals surface area contributed by atoms with Gasteiger partial charge in [0.15, 0.2) is 0 Å². The van der Waals surface area contributed by atoms with Crippen LogP contribution in [0.4, 0.5) is 0 Å². The minimum atomic E-state index is -1.37. The van der Waals surface area contributed by atoms with E-state index >= 15 is 0 Å². The summed E-state index contributed by atoms with van der Waals surface area (Å²) >= 11 is 0. The molecule has 1 aromatic carbocycles. The molecule has 0 atom stereocenters. The molecule has 0 aromatic heterocycles. The summed E-state index contributed by atoms with van der Waals surface area (Å²) in [6.07, 6.45) is 11.1. The van der Waals surface area contributed by atoms with Gasteiger partial charge in [0.1, 0.15) is 11.5 Å². The molecule has 0 unspecified atom stereocenters. The van der Waals surface area contributed by atoms with E-state index in [1.54, 1.807) is 0 Å². The maximum absolute atomic E-state index is 11.4. The molecule has 136 valence electrons. The Hall–Kier alpha value is -2.10. The smallest absolute Gasteiger partial charge is 0.372 e. The number of Topliss-reactive ketones (excluding diaryl/α,β-unsaturated/α-hetero) is 1. The van der Waals surface area contributed by atoms with Gasteiger partial charge in [-0.1, -0.05) is 12.1 Å². The first-order valence-corrected chi connectivity index (χ1v) is 9.77. The van der Waals surface area contributed by atoms with Gasteiger partial charge in [0.05, 0.1) is 0 Å². The fourth-order valence-corrected chi connectivity index (χ4v) is 6.36. The topological polar surface area (TPSA) is 63.6 Å². The van der Waals surface area contributed by atoms with Crippen molar-refractivity contribution in [3.8, 4) is 5.75 Å². The molecule has 0 radical (unpaired) electrons. The summed E-state index contributed by atoms with van der Waals surface area (Å²) in [4.78, 5) is 22.2. The summed E-state index contributed by atoms with van der Waals surface area (Å²) < 4.78 is 6.38.